The van der Waals surface area contributed by atoms with Crippen LogP contribution in [-0.4, -0.2) is 35.7 Å². The van der Waals surface area contributed by atoms with Crippen molar-refractivity contribution in [3.63, 3.8) is 0 Å². The highest BCUT2D eigenvalue weighted by Gasteiger charge is 2.21. The number of nitrogens with zero attached hydrogens (tertiary/aromatic N) is 2. The number of carbonyl (C=O) groups is 1. The molecule has 1 saturated heterocycles. The lowest BCUT2D eigenvalue weighted by Crippen LogP contribution is -2.25. The smallest absolute Gasteiger partial charge is 0.255 e. The molecule has 0 bridgehead atoms. The first-order valence-electron chi connectivity index (χ1n) is 8.90. The van der Waals surface area contributed by atoms with Crippen molar-refractivity contribution in [1.82, 2.24) is 15.3 Å². The van der Waals surface area contributed by atoms with Gasteiger partial charge in [0.1, 0.15) is 19.3 Å². The maximum Gasteiger partial charge on any atom is 0.255 e. The molecule has 0 radical (unpaired) electrons. The van der Waals surface area contributed by atoms with Gasteiger partial charge in [-0.1, -0.05) is 6.07 Å². The van der Waals surface area contributed by atoms with Gasteiger partial charge in [-0.2, -0.15) is 0 Å². The quantitative estimate of drug-likeness (QED) is 0.907. The van der Waals surface area contributed by atoms with E-state index >= 15 is 0 Å². The molecule has 0 aliphatic carbocycles. The maximum atomic E-state index is 12.5. The van der Waals surface area contributed by atoms with E-state index in [9.17, 15) is 4.79 Å². The molecule has 3 heterocycles. The molecule has 1 N–H and O–H groups in total. The van der Waals surface area contributed by atoms with E-state index in [-0.39, 0.29) is 12.0 Å². The van der Waals surface area contributed by atoms with E-state index < -0.39 is 0 Å². The zero-order valence-electron chi connectivity index (χ0n) is 14.4. The minimum absolute atomic E-state index is 0.0135. The molecule has 7 heteroatoms. The van der Waals surface area contributed by atoms with Gasteiger partial charge >= 0.3 is 0 Å². The molecule has 26 heavy (non-hydrogen) atoms. The number of rotatable bonds is 4. The monoisotopic (exact) mass is 355 g/mol. The first-order valence-corrected chi connectivity index (χ1v) is 8.90. The van der Waals surface area contributed by atoms with E-state index in [0.29, 0.717) is 42.6 Å². The van der Waals surface area contributed by atoms with Crippen molar-refractivity contribution < 1.29 is 19.0 Å². The summed E-state index contributed by atoms with van der Waals surface area (Å²) in [5.74, 6) is 1.59. The van der Waals surface area contributed by atoms with E-state index in [1.807, 2.05) is 0 Å². The van der Waals surface area contributed by atoms with Crippen LogP contribution in [0.2, 0.25) is 0 Å². The molecule has 1 atom stereocenters. The van der Waals surface area contributed by atoms with Gasteiger partial charge in [0.05, 0.1) is 5.56 Å². The molecule has 1 aromatic heterocycles. The topological polar surface area (TPSA) is 82.6 Å². The second kappa shape index (κ2) is 7.70. The largest absolute Gasteiger partial charge is 0.486 e. The molecule has 1 aromatic carbocycles. The van der Waals surface area contributed by atoms with Crippen LogP contribution in [0.3, 0.4) is 0 Å². The Morgan fingerprint density at radius 2 is 1.96 bits per heavy atom. The summed E-state index contributed by atoms with van der Waals surface area (Å²) in [6.45, 7) is 2.04. The van der Waals surface area contributed by atoms with Crippen LogP contribution in [-0.2, 0) is 11.3 Å². The minimum atomic E-state index is -0.216. The molecule has 0 unspecified atom stereocenters. The number of para-hydroxylation sites is 1. The fraction of sp³-hybridized carbons (Fsp3) is 0.421. The Morgan fingerprint density at radius 1 is 1.12 bits per heavy atom. The highest BCUT2D eigenvalue weighted by Crippen LogP contribution is 2.33. The van der Waals surface area contributed by atoms with Gasteiger partial charge in [0.15, 0.2) is 17.3 Å². The molecule has 2 aliphatic heterocycles. The summed E-state index contributed by atoms with van der Waals surface area (Å²) in [4.78, 5) is 21.3. The molecule has 4 rings (SSSR count). The summed E-state index contributed by atoms with van der Waals surface area (Å²) < 4.78 is 16.8. The minimum Gasteiger partial charge on any atom is -0.486 e. The molecule has 1 amide bonds. The number of hydrogen-bond acceptors (Lipinski definition) is 6. The van der Waals surface area contributed by atoms with E-state index in [1.54, 1.807) is 30.6 Å². The Morgan fingerprint density at radius 3 is 2.77 bits per heavy atom. The predicted octanol–water partition coefficient (Wildman–Crippen LogP) is 2.42. The fourth-order valence-electron chi connectivity index (χ4n) is 3.10. The summed E-state index contributed by atoms with van der Waals surface area (Å²) in [7, 11) is 0. The Balaban J connectivity index is 1.39. The number of nitrogens with one attached hydrogen (secondary N) is 1. The first-order chi connectivity index (χ1) is 12.8. The van der Waals surface area contributed by atoms with Crippen molar-refractivity contribution in [3.8, 4) is 11.5 Å². The van der Waals surface area contributed by atoms with Crippen LogP contribution in [0.1, 0.15) is 47.1 Å². The van der Waals surface area contributed by atoms with Crippen molar-refractivity contribution in [1.29, 1.82) is 0 Å². The number of ether oxygens (including phenoxy) is 3. The van der Waals surface area contributed by atoms with Gasteiger partial charge in [0, 0.05) is 31.1 Å². The third-order valence-corrected chi connectivity index (χ3v) is 4.46. The van der Waals surface area contributed by atoms with Crippen LogP contribution < -0.4 is 14.8 Å². The lowest BCUT2D eigenvalue weighted by atomic mass is 10.1. The molecular weight excluding hydrogens is 334 g/mol. The molecular formula is C19H21N3O4. The fourth-order valence-corrected chi connectivity index (χ4v) is 3.10. The number of hydrogen-bond donors (Lipinski definition) is 1. The zero-order chi connectivity index (χ0) is 17.8. The normalized spacial score (nSPS) is 19.0. The summed E-state index contributed by atoms with van der Waals surface area (Å²) in [6.07, 6.45) is 6.65. The van der Waals surface area contributed by atoms with E-state index in [0.717, 1.165) is 31.4 Å². The molecule has 136 valence electrons. The number of carbonyl (C=O) groups excluding carboxylic acids is 1. The van der Waals surface area contributed by atoms with Crippen molar-refractivity contribution in [2.45, 2.75) is 31.9 Å². The van der Waals surface area contributed by atoms with Gasteiger partial charge in [-0.25, -0.2) is 9.97 Å². The number of benzene rings is 1. The van der Waals surface area contributed by atoms with Crippen LogP contribution in [0.15, 0.2) is 30.6 Å². The summed E-state index contributed by atoms with van der Waals surface area (Å²) in [6, 6.07) is 5.30. The molecule has 2 aromatic rings. The number of fused-ring (bicyclic) bond motifs is 1. The van der Waals surface area contributed by atoms with Crippen LogP contribution in [0.25, 0.3) is 0 Å². The maximum absolute atomic E-state index is 12.5. The second-order valence-corrected chi connectivity index (χ2v) is 6.32. The lowest BCUT2D eigenvalue weighted by Gasteiger charge is -2.21. The van der Waals surface area contributed by atoms with Crippen LogP contribution in [0.4, 0.5) is 0 Å². The summed E-state index contributed by atoms with van der Waals surface area (Å²) >= 11 is 0. The van der Waals surface area contributed by atoms with E-state index in [2.05, 4.69) is 15.3 Å². The van der Waals surface area contributed by atoms with Gasteiger partial charge < -0.3 is 19.5 Å². The SMILES string of the molecule is O=C(NCc1cnc([C@@H]2CCCCO2)nc1)c1cccc2c1OCCO2. The molecule has 7 nitrogen and oxygen atoms in total. The van der Waals surface area contributed by atoms with Gasteiger partial charge in [-0.15, -0.1) is 0 Å². The van der Waals surface area contributed by atoms with Gasteiger partial charge in [-0.05, 0) is 31.4 Å². The Kier molecular flexibility index (Phi) is 4.97. The van der Waals surface area contributed by atoms with Crippen LogP contribution in [0, 0.1) is 0 Å². The Bertz CT molecular complexity index is 773. The molecule has 0 saturated carbocycles. The molecule has 0 spiro atoms. The molecule has 1 fully saturated rings. The van der Waals surface area contributed by atoms with Gasteiger partial charge in [0.25, 0.3) is 5.91 Å². The summed E-state index contributed by atoms with van der Waals surface area (Å²) in [5, 5.41) is 2.88. The number of amides is 1. The zero-order valence-corrected chi connectivity index (χ0v) is 14.4. The van der Waals surface area contributed by atoms with Crippen LogP contribution >= 0.6 is 0 Å². The Hall–Kier alpha value is -2.67. The highest BCUT2D eigenvalue weighted by atomic mass is 16.6. The third-order valence-electron chi connectivity index (χ3n) is 4.46. The van der Waals surface area contributed by atoms with Crippen molar-refractivity contribution >= 4 is 5.91 Å². The standard InChI is InChI=1S/C19H21N3O4/c23-19(14-4-3-6-15-17(14)26-9-8-25-15)22-12-13-10-20-18(21-11-13)16-5-1-2-7-24-16/h3-4,6,10-11,16H,1-2,5,7-9,12H2,(H,22,23)/t16-/m0/s1. The summed E-state index contributed by atoms with van der Waals surface area (Å²) in [5.41, 5.74) is 1.30. The highest BCUT2D eigenvalue weighted by molar-refractivity contribution is 5.97. The van der Waals surface area contributed by atoms with E-state index in [1.165, 1.54) is 0 Å². The first kappa shape index (κ1) is 16.8. The number of aromatic nitrogens is 2. The Labute approximate surface area is 151 Å². The van der Waals surface area contributed by atoms with Gasteiger partial charge in [-0.3, -0.25) is 4.79 Å². The third kappa shape index (κ3) is 3.62. The lowest BCUT2D eigenvalue weighted by molar-refractivity contribution is 0.00940. The van der Waals surface area contributed by atoms with Crippen molar-refractivity contribution in [2.75, 3.05) is 19.8 Å². The second-order valence-electron chi connectivity index (χ2n) is 6.32. The predicted molar refractivity (Wildman–Crippen MR) is 93.2 cm³/mol. The average molecular weight is 355 g/mol. The van der Waals surface area contributed by atoms with Gasteiger partial charge in [0.2, 0.25) is 0 Å². The van der Waals surface area contributed by atoms with Crippen molar-refractivity contribution in [2.24, 2.45) is 0 Å². The molecule has 2 aliphatic rings. The van der Waals surface area contributed by atoms with E-state index in [4.69, 9.17) is 14.2 Å². The van der Waals surface area contributed by atoms with Crippen LogP contribution in [0.5, 0.6) is 11.5 Å². The average Bonchev–Trinajstić information content (AvgIpc) is 2.72. The van der Waals surface area contributed by atoms with Crippen molar-refractivity contribution in [3.05, 3.63) is 47.5 Å².